The molecule has 2 amide bonds. The number of hydrogen-bond acceptors (Lipinski definition) is 4. The fourth-order valence-corrected chi connectivity index (χ4v) is 4.54. The predicted octanol–water partition coefficient (Wildman–Crippen LogP) is 4.24. The molecule has 2 heterocycles. The normalized spacial score (nSPS) is 23.2. The summed E-state index contributed by atoms with van der Waals surface area (Å²) in [6.07, 6.45) is 2.39. The van der Waals surface area contributed by atoms with Crippen LogP contribution in [0.3, 0.4) is 0 Å². The van der Waals surface area contributed by atoms with Crippen LogP contribution < -0.4 is 10.1 Å². The molecule has 2 aliphatic rings. The maximum Gasteiger partial charge on any atom is 0.573 e. The van der Waals surface area contributed by atoms with Crippen LogP contribution in [0.15, 0.2) is 24.4 Å². The van der Waals surface area contributed by atoms with E-state index in [1.54, 1.807) is 19.4 Å². The highest BCUT2D eigenvalue weighted by Gasteiger charge is 2.32. The number of nitrogens with zero attached hydrogens (tertiary/aromatic N) is 3. The van der Waals surface area contributed by atoms with Crippen molar-refractivity contribution in [1.82, 2.24) is 20.0 Å². The molecule has 1 saturated carbocycles. The SMILES string of the molecule is COC1CCC(NC(=O)N2CCC(n3ncc4cc(OC(F)(F)F)ccc43)CC2)CC1. The number of carbonyl (C=O) groups is 1. The third-order valence-electron chi connectivity index (χ3n) is 6.23. The van der Waals surface area contributed by atoms with Crippen molar-refractivity contribution < 1.29 is 27.4 Å². The van der Waals surface area contributed by atoms with Crippen molar-refractivity contribution in [2.45, 2.75) is 63.1 Å². The lowest BCUT2D eigenvalue weighted by molar-refractivity contribution is -0.274. The Balaban J connectivity index is 1.32. The molecule has 7 nitrogen and oxygen atoms in total. The van der Waals surface area contributed by atoms with Crippen LogP contribution in [0.4, 0.5) is 18.0 Å². The van der Waals surface area contributed by atoms with Gasteiger partial charge in [0, 0.05) is 31.6 Å². The van der Waals surface area contributed by atoms with Gasteiger partial charge >= 0.3 is 12.4 Å². The lowest BCUT2D eigenvalue weighted by Crippen LogP contribution is -2.49. The first-order valence-electron chi connectivity index (χ1n) is 10.6. The summed E-state index contributed by atoms with van der Waals surface area (Å²) in [5.41, 5.74) is 0.757. The maximum atomic E-state index is 12.6. The first-order chi connectivity index (χ1) is 14.8. The van der Waals surface area contributed by atoms with Gasteiger partial charge in [0.1, 0.15) is 5.75 Å². The summed E-state index contributed by atoms with van der Waals surface area (Å²) in [4.78, 5) is 14.5. The molecule has 31 heavy (non-hydrogen) atoms. The molecule has 1 aliphatic carbocycles. The van der Waals surface area contributed by atoms with Gasteiger partial charge in [-0.25, -0.2) is 4.79 Å². The van der Waals surface area contributed by atoms with Crippen LogP contribution in [0.2, 0.25) is 0 Å². The van der Waals surface area contributed by atoms with Crippen molar-refractivity contribution in [2.24, 2.45) is 0 Å². The number of likely N-dealkylation sites (tertiary alicyclic amines) is 1. The van der Waals surface area contributed by atoms with E-state index in [9.17, 15) is 18.0 Å². The average molecular weight is 440 g/mol. The van der Waals surface area contributed by atoms with E-state index >= 15 is 0 Å². The van der Waals surface area contributed by atoms with Crippen LogP contribution in [0.1, 0.15) is 44.6 Å². The predicted molar refractivity (Wildman–Crippen MR) is 108 cm³/mol. The second-order valence-electron chi connectivity index (χ2n) is 8.23. The molecule has 0 unspecified atom stereocenters. The first kappa shape index (κ1) is 21.7. The molecule has 0 radical (unpaired) electrons. The molecule has 4 rings (SSSR count). The number of rotatable bonds is 4. The van der Waals surface area contributed by atoms with E-state index in [1.165, 1.54) is 12.1 Å². The van der Waals surface area contributed by atoms with E-state index in [-0.39, 0.29) is 23.9 Å². The number of nitrogens with one attached hydrogen (secondary N) is 1. The van der Waals surface area contributed by atoms with E-state index in [4.69, 9.17) is 4.74 Å². The minimum atomic E-state index is -4.72. The maximum absolute atomic E-state index is 12.6. The van der Waals surface area contributed by atoms with E-state index in [0.717, 1.165) is 44.0 Å². The fourth-order valence-electron chi connectivity index (χ4n) is 4.54. The number of halogens is 3. The Morgan fingerprint density at radius 3 is 2.48 bits per heavy atom. The number of urea groups is 1. The number of ether oxygens (including phenoxy) is 2. The smallest absolute Gasteiger partial charge is 0.406 e. The van der Waals surface area contributed by atoms with E-state index in [0.29, 0.717) is 24.6 Å². The highest BCUT2D eigenvalue weighted by molar-refractivity contribution is 5.80. The summed E-state index contributed by atoms with van der Waals surface area (Å²) >= 11 is 0. The molecular formula is C21H27F3N4O3. The number of amides is 2. The molecule has 10 heteroatoms. The Morgan fingerprint density at radius 1 is 1.13 bits per heavy atom. The van der Waals surface area contributed by atoms with Gasteiger partial charge in [0.05, 0.1) is 23.9 Å². The summed E-state index contributed by atoms with van der Waals surface area (Å²) in [5, 5.41) is 8.12. The third-order valence-corrected chi connectivity index (χ3v) is 6.23. The number of methoxy groups -OCH3 is 1. The minimum absolute atomic E-state index is 0.0291. The van der Waals surface area contributed by atoms with Crippen LogP contribution in [0.25, 0.3) is 10.9 Å². The van der Waals surface area contributed by atoms with Gasteiger partial charge in [-0.05, 0) is 56.7 Å². The Labute approximate surface area is 178 Å². The highest BCUT2D eigenvalue weighted by atomic mass is 19.4. The number of fused-ring (bicyclic) bond motifs is 1. The Morgan fingerprint density at radius 2 is 1.84 bits per heavy atom. The van der Waals surface area contributed by atoms with Crippen LogP contribution >= 0.6 is 0 Å². The quantitative estimate of drug-likeness (QED) is 0.772. The fraction of sp³-hybridized carbons (Fsp3) is 0.619. The lowest BCUT2D eigenvalue weighted by Gasteiger charge is -2.35. The molecular weight excluding hydrogens is 413 g/mol. The molecule has 1 N–H and O–H groups in total. The molecule has 170 valence electrons. The molecule has 0 bridgehead atoms. The molecule has 0 spiro atoms. The largest absolute Gasteiger partial charge is 0.573 e. The van der Waals surface area contributed by atoms with Gasteiger partial charge in [0.25, 0.3) is 0 Å². The zero-order valence-electron chi connectivity index (χ0n) is 17.4. The van der Waals surface area contributed by atoms with Crippen molar-refractivity contribution in [3.05, 3.63) is 24.4 Å². The van der Waals surface area contributed by atoms with Gasteiger partial charge < -0.3 is 19.7 Å². The molecule has 1 aromatic heterocycles. The molecule has 0 atom stereocenters. The van der Waals surface area contributed by atoms with Crippen molar-refractivity contribution in [2.75, 3.05) is 20.2 Å². The summed E-state index contributed by atoms with van der Waals surface area (Å²) in [7, 11) is 1.73. The number of carbonyl (C=O) groups excluding carboxylic acids is 1. The standard InChI is InChI=1S/C21H27F3N4O3/c1-30-17-4-2-15(3-5-17)26-20(29)27-10-8-16(9-11-27)28-19-7-6-18(31-21(22,23)24)12-14(19)13-25-28/h6-7,12-13,15-17H,2-5,8-11H2,1H3,(H,26,29). The second-order valence-corrected chi connectivity index (χ2v) is 8.23. The van der Waals surface area contributed by atoms with Crippen molar-refractivity contribution in [1.29, 1.82) is 0 Å². The zero-order chi connectivity index (χ0) is 22.0. The summed E-state index contributed by atoms with van der Waals surface area (Å²) in [6.45, 7) is 1.22. The molecule has 1 aliphatic heterocycles. The van der Waals surface area contributed by atoms with Crippen LogP contribution in [0, 0.1) is 0 Å². The summed E-state index contributed by atoms with van der Waals surface area (Å²) in [5.74, 6) is -0.259. The lowest BCUT2D eigenvalue weighted by atomic mass is 9.93. The van der Waals surface area contributed by atoms with Gasteiger partial charge in [0.2, 0.25) is 0 Å². The van der Waals surface area contributed by atoms with Crippen LogP contribution in [0.5, 0.6) is 5.75 Å². The molecule has 2 aromatic rings. The first-order valence-corrected chi connectivity index (χ1v) is 10.6. The summed E-state index contributed by atoms with van der Waals surface area (Å²) < 4.78 is 48.5. The molecule has 2 fully saturated rings. The van der Waals surface area contributed by atoms with E-state index in [2.05, 4.69) is 15.2 Å². The number of alkyl halides is 3. The number of piperidine rings is 1. The van der Waals surface area contributed by atoms with Crippen LogP contribution in [-0.2, 0) is 4.74 Å². The van der Waals surface area contributed by atoms with Crippen molar-refractivity contribution in [3.8, 4) is 5.75 Å². The average Bonchev–Trinajstić information content (AvgIpc) is 3.16. The molecule has 1 saturated heterocycles. The molecule has 1 aromatic carbocycles. The number of hydrogen-bond donors (Lipinski definition) is 1. The number of aromatic nitrogens is 2. The summed E-state index contributed by atoms with van der Waals surface area (Å²) in [6, 6.07) is 4.49. The van der Waals surface area contributed by atoms with Gasteiger partial charge in [-0.2, -0.15) is 5.10 Å². The highest BCUT2D eigenvalue weighted by Crippen LogP contribution is 2.30. The third kappa shape index (κ3) is 5.23. The second kappa shape index (κ2) is 8.94. The Kier molecular flexibility index (Phi) is 6.27. The van der Waals surface area contributed by atoms with Gasteiger partial charge in [-0.15, -0.1) is 13.2 Å². The van der Waals surface area contributed by atoms with Crippen molar-refractivity contribution in [3.63, 3.8) is 0 Å². The monoisotopic (exact) mass is 440 g/mol. The van der Waals surface area contributed by atoms with Gasteiger partial charge in [-0.3, -0.25) is 4.68 Å². The topological polar surface area (TPSA) is 68.6 Å². The van der Waals surface area contributed by atoms with Gasteiger partial charge in [-0.1, -0.05) is 0 Å². The minimum Gasteiger partial charge on any atom is -0.406 e. The van der Waals surface area contributed by atoms with Gasteiger partial charge in [0.15, 0.2) is 0 Å². The van der Waals surface area contributed by atoms with E-state index in [1.807, 2.05) is 9.58 Å². The van der Waals surface area contributed by atoms with Crippen LogP contribution in [-0.4, -0.2) is 59.4 Å². The van der Waals surface area contributed by atoms with Crippen molar-refractivity contribution >= 4 is 16.9 Å². The number of benzene rings is 1. The van der Waals surface area contributed by atoms with E-state index < -0.39 is 6.36 Å². The zero-order valence-corrected chi connectivity index (χ0v) is 17.4. The Bertz CT molecular complexity index is 901. The Hall–Kier alpha value is -2.49.